The second kappa shape index (κ2) is 5.92. The van der Waals surface area contributed by atoms with Gasteiger partial charge >= 0.3 is 0 Å². The van der Waals surface area contributed by atoms with Crippen LogP contribution in [0.25, 0.3) is 22.4 Å². The molecule has 116 valence electrons. The Morgan fingerprint density at radius 1 is 1.22 bits per heavy atom. The Kier molecular flexibility index (Phi) is 3.80. The molecule has 0 saturated heterocycles. The topological polar surface area (TPSA) is 91.2 Å². The summed E-state index contributed by atoms with van der Waals surface area (Å²) in [5.74, 6) is 0.668. The summed E-state index contributed by atoms with van der Waals surface area (Å²) in [6, 6.07) is 10.6. The highest BCUT2D eigenvalue weighted by molar-refractivity contribution is 5.93. The zero-order valence-electron chi connectivity index (χ0n) is 12.7. The molecule has 0 aliphatic heterocycles. The summed E-state index contributed by atoms with van der Waals surface area (Å²) in [6.07, 6.45) is 1.65. The third kappa shape index (κ3) is 2.66. The summed E-state index contributed by atoms with van der Waals surface area (Å²) >= 11 is 0. The first-order chi connectivity index (χ1) is 11.1. The lowest BCUT2D eigenvalue weighted by molar-refractivity contribution is 0.100. The minimum atomic E-state index is -0.465. The number of methoxy groups -OCH3 is 1. The summed E-state index contributed by atoms with van der Waals surface area (Å²) in [5, 5.41) is 4.14. The number of aromatic nitrogens is 2. The van der Waals surface area contributed by atoms with E-state index in [0.717, 1.165) is 16.7 Å². The summed E-state index contributed by atoms with van der Waals surface area (Å²) in [5.41, 5.74) is 8.80. The third-order valence-electron chi connectivity index (χ3n) is 3.54. The van der Waals surface area contributed by atoms with Gasteiger partial charge in [0.2, 0.25) is 11.8 Å². The van der Waals surface area contributed by atoms with Crippen molar-refractivity contribution in [1.29, 1.82) is 0 Å². The van der Waals surface area contributed by atoms with Crippen LogP contribution in [-0.4, -0.2) is 23.2 Å². The highest BCUT2D eigenvalue weighted by Gasteiger charge is 2.20. The van der Waals surface area contributed by atoms with Crippen molar-refractivity contribution in [3.05, 3.63) is 53.9 Å². The van der Waals surface area contributed by atoms with Gasteiger partial charge in [0, 0.05) is 11.8 Å². The highest BCUT2D eigenvalue weighted by atomic mass is 16.5. The normalized spacial score (nSPS) is 10.5. The fourth-order valence-electron chi connectivity index (χ4n) is 2.43. The molecule has 0 radical (unpaired) electrons. The second-order valence-electron chi connectivity index (χ2n) is 4.96. The Hall–Kier alpha value is -3.15. The van der Waals surface area contributed by atoms with E-state index in [4.69, 9.17) is 15.0 Å². The average Bonchev–Trinajstić information content (AvgIpc) is 2.96. The molecule has 0 fully saturated rings. The zero-order valence-corrected chi connectivity index (χ0v) is 12.7. The van der Waals surface area contributed by atoms with Gasteiger partial charge in [-0.1, -0.05) is 17.3 Å². The van der Waals surface area contributed by atoms with Gasteiger partial charge in [0.15, 0.2) is 0 Å². The molecule has 3 aromatic rings. The minimum Gasteiger partial charge on any atom is -0.481 e. The van der Waals surface area contributed by atoms with E-state index in [0.29, 0.717) is 22.9 Å². The Morgan fingerprint density at radius 3 is 2.61 bits per heavy atom. The van der Waals surface area contributed by atoms with E-state index in [1.54, 1.807) is 25.4 Å². The molecule has 2 heterocycles. The Labute approximate surface area is 132 Å². The molecule has 3 rings (SSSR count). The molecule has 0 saturated carbocycles. The van der Waals surface area contributed by atoms with Crippen LogP contribution in [0.15, 0.2) is 47.1 Å². The molecule has 0 aliphatic rings. The zero-order chi connectivity index (χ0) is 16.4. The van der Waals surface area contributed by atoms with Crippen LogP contribution in [0.3, 0.4) is 0 Å². The van der Waals surface area contributed by atoms with Crippen molar-refractivity contribution in [2.24, 2.45) is 5.73 Å². The van der Waals surface area contributed by atoms with Crippen LogP contribution in [0.5, 0.6) is 5.88 Å². The average molecular weight is 309 g/mol. The minimum absolute atomic E-state index is 0.448. The molecular formula is C17H15N3O3. The number of carbonyl (C=O) groups is 1. The van der Waals surface area contributed by atoms with E-state index in [1.807, 2.05) is 31.2 Å². The van der Waals surface area contributed by atoms with Gasteiger partial charge < -0.3 is 15.0 Å². The molecular weight excluding hydrogens is 294 g/mol. The Bertz CT molecular complexity index is 854. The number of ether oxygens (including phenoxy) is 1. The molecule has 2 N–H and O–H groups in total. The van der Waals surface area contributed by atoms with Gasteiger partial charge in [-0.05, 0) is 36.8 Å². The lowest BCUT2D eigenvalue weighted by Crippen LogP contribution is -2.10. The monoisotopic (exact) mass is 309 g/mol. The van der Waals surface area contributed by atoms with Crippen molar-refractivity contribution in [3.8, 4) is 28.3 Å². The predicted molar refractivity (Wildman–Crippen MR) is 85.0 cm³/mol. The SMILES string of the molecule is COc1ncccc1-c1noc(C)c1-c1ccc(C(N)=O)cc1. The molecule has 2 aromatic heterocycles. The summed E-state index contributed by atoms with van der Waals surface area (Å²) in [6.45, 7) is 1.83. The molecule has 23 heavy (non-hydrogen) atoms. The number of amides is 1. The molecule has 0 bridgehead atoms. The van der Waals surface area contributed by atoms with E-state index in [2.05, 4.69) is 10.1 Å². The number of nitrogens with zero attached hydrogens (tertiary/aromatic N) is 2. The van der Waals surface area contributed by atoms with Crippen LogP contribution < -0.4 is 10.5 Å². The Morgan fingerprint density at radius 2 is 1.96 bits per heavy atom. The van der Waals surface area contributed by atoms with Crippen molar-refractivity contribution in [2.45, 2.75) is 6.92 Å². The summed E-state index contributed by atoms with van der Waals surface area (Å²) in [4.78, 5) is 15.4. The van der Waals surface area contributed by atoms with Crippen LogP contribution >= 0.6 is 0 Å². The molecule has 6 nitrogen and oxygen atoms in total. The van der Waals surface area contributed by atoms with Crippen LogP contribution in [-0.2, 0) is 0 Å². The number of benzene rings is 1. The van der Waals surface area contributed by atoms with Crippen LogP contribution in [0, 0.1) is 6.92 Å². The highest BCUT2D eigenvalue weighted by Crippen LogP contribution is 2.37. The van der Waals surface area contributed by atoms with Crippen molar-refractivity contribution in [3.63, 3.8) is 0 Å². The Balaban J connectivity index is 2.14. The number of rotatable bonds is 4. The summed E-state index contributed by atoms with van der Waals surface area (Å²) < 4.78 is 10.7. The lowest BCUT2D eigenvalue weighted by Gasteiger charge is -2.07. The first-order valence-electron chi connectivity index (χ1n) is 6.97. The van der Waals surface area contributed by atoms with Gasteiger partial charge in [0.1, 0.15) is 11.5 Å². The maximum Gasteiger partial charge on any atom is 0.248 e. The van der Waals surface area contributed by atoms with Gasteiger partial charge in [-0.15, -0.1) is 0 Å². The lowest BCUT2D eigenvalue weighted by atomic mass is 9.99. The molecule has 6 heteroatoms. The maximum absolute atomic E-state index is 11.2. The van der Waals surface area contributed by atoms with Crippen LogP contribution in [0.4, 0.5) is 0 Å². The predicted octanol–water partition coefficient (Wildman–Crippen LogP) is 2.82. The number of primary amides is 1. The van der Waals surface area contributed by atoms with E-state index in [1.165, 1.54) is 0 Å². The largest absolute Gasteiger partial charge is 0.481 e. The van der Waals surface area contributed by atoms with E-state index < -0.39 is 5.91 Å². The van der Waals surface area contributed by atoms with Crippen LogP contribution in [0.2, 0.25) is 0 Å². The van der Waals surface area contributed by atoms with Crippen molar-refractivity contribution >= 4 is 5.91 Å². The molecule has 0 spiro atoms. The number of hydrogen-bond acceptors (Lipinski definition) is 5. The van der Waals surface area contributed by atoms with E-state index >= 15 is 0 Å². The number of nitrogens with two attached hydrogens (primary N) is 1. The molecule has 1 amide bonds. The smallest absolute Gasteiger partial charge is 0.248 e. The van der Waals surface area contributed by atoms with Crippen molar-refractivity contribution in [2.75, 3.05) is 7.11 Å². The van der Waals surface area contributed by atoms with Gasteiger partial charge in [0.25, 0.3) is 0 Å². The van der Waals surface area contributed by atoms with E-state index in [-0.39, 0.29) is 0 Å². The number of aryl methyl sites for hydroxylation is 1. The van der Waals surface area contributed by atoms with Crippen molar-refractivity contribution < 1.29 is 14.1 Å². The van der Waals surface area contributed by atoms with Gasteiger partial charge in [0.05, 0.1) is 18.2 Å². The van der Waals surface area contributed by atoms with Gasteiger partial charge in [-0.25, -0.2) is 4.98 Å². The third-order valence-corrected chi connectivity index (χ3v) is 3.54. The summed E-state index contributed by atoms with van der Waals surface area (Å²) in [7, 11) is 1.56. The number of carbonyl (C=O) groups excluding carboxylic acids is 1. The number of hydrogen-bond donors (Lipinski definition) is 1. The second-order valence-corrected chi connectivity index (χ2v) is 4.96. The van der Waals surface area contributed by atoms with Gasteiger partial charge in [-0.3, -0.25) is 4.79 Å². The maximum atomic E-state index is 11.2. The molecule has 0 atom stereocenters. The van der Waals surface area contributed by atoms with Gasteiger partial charge in [-0.2, -0.15) is 0 Å². The fraction of sp³-hybridized carbons (Fsp3) is 0.118. The molecule has 1 aromatic carbocycles. The first-order valence-corrected chi connectivity index (χ1v) is 6.97. The van der Waals surface area contributed by atoms with E-state index in [9.17, 15) is 4.79 Å². The quantitative estimate of drug-likeness (QED) is 0.800. The number of pyridine rings is 1. The first kappa shape index (κ1) is 14.8. The molecule has 0 aliphatic carbocycles. The van der Waals surface area contributed by atoms with Crippen molar-refractivity contribution in [1.82, 2.24) is 10.1 Å². The fourth-order valence-corrected chi connectivity index (χ4v) is 2.43. The van der Waals surface area contributed by atoms with Crippen LogP contribution in [0.1, 0.15) is 16.1 Å². The molecule has 0 unspecified atom stereocenters. The standard InChI is InChI=1S/C17H15N3O3/c1-10-14(11-5-7-12(8-6-11)16(18)21)15(20-23-10)13-4-3-9-19-17(13)22-2/h3-9H,1-2H3,(H2,18,21).